The molecule has 5 heteroatoms. The molecule has 170 valence electrons. The third kappa shape index (κ3) is 16.5. The van der Waals surface area contributed by atoms with E-state index in [0.29, 0.717) is 18.1 Å². The summed E-state index contributed by atoms with van der Waals surface area (Å²) in [5.41, 5.74) is 0. The Morgan fingerprint density at radius 2 is 1.07 bits per heavy atom. The van der Waals surface area contributed by atoms with Crippen LogP contribution < -0.4 is 10.6 Å². The SMILES string of the molecule is CC.CCN(CCNCCN(C)C(C)C)CCNCCN(C(C)C)C(C)C.[HH].[HH]. The molecule has 0 saturated heterocycles. The maximum absolute atomic E-state index is 3.61. The first kappa shape index (κ1) is 29.0. The van der Waals surface area contributed by atoms with E-state index in [-0.39, 0.29) is 2.85 Å². The molecule has 0 aromatic rings. The summed E-state index contributed by atoms with van der Waals surface area (Å²) in [7, 11) is 2.19. The summed E-state index contributed by atoms with van der Waals surface area (Å²) in [6.45, 7) is 29.8. The number of rotatable bonds is 16. The molecule has 0 rings (SSSR count). The van der Waals surface area contributed by atoms with Gasteiger partial charge in [-0.2, -0.15) is 0 Å². The second-order valence-electron chi connectivity index (χ2n) is 7.93. The van der Waals surface area contributed by atoms with Gasteiger partial charge >= 0.3 is 0 Å². The zero-order valence-corrected chi connectivity index (χ0v) is 20.4. The average molecular weight is 392 g/mol. The van der Waals surface area contributed by atoms with Crippen LogP contribution in [0.5, 0.6) is 0 Å². The quantitative estimate of drug-likeness (QED) is 0.394. The van der Waals surface area contributed by atoms with Crippen molar-refractivity contribution in [2.24, 2.45) is 0 Å². The largest absolute Gasteiger partial charge is 0.314 e. The van der Waals surface area contributed by atoms with Crippen LogP contribution >= 0.6 is 0 Å². The maximum atomic E-state index is 3.61. The van der Waals surface area contributed by atoms with Gasteiger partial charge in [-0.15, -0.1) is 0 Å². The first-order valence-corrected chi connectivity index (χ1v) is 11.4. The van der Waals surface area contributed by atoms with Crippen molar-refractivity contribution in [2.75, 3.05) is 66.0 Å². The van der Waals surface area contributed by atoms with Gasteiger partial charge in [0.15, 0.2) is 0 Å². The highest BCUT2D eigenvalue weighted by atomic mass is 15.2. The molecule has 0 saturated carbocycles. The van der Waals surface area contributed by atoms with Crippen molar-refractivity contribution in [3.05, 3.63) is 0 Å². The van der Waals surface area contributed by atoms with Crippen molar-refractivity contribution in [3.63, 3.8) is 0 Å². The molecule has 0 atom stereocenters. The number of hydrogen-bond donors (Lipinski definition) is 2. The van der Waals surface area contributed by atoms with Gasteiger partial charge in [0.2, 0.25) is 0 Å². The minimum atomic E-state index is 0. The van der Waals surface area contributed by atoms with Crippen LogP contribution in [0, 0.1) is 0 Å². The maximum Gasteiger partial charge on any atom is 0.0112 e. The molecule has 0 aliphatic carbocycles. The molecule has 5 nitrogen and oxygen atoms in total. The van der Waals surface area contributed by atoms with Gasteiger partial charge < -0.3 is 20.4 Å². The topological polar surface area (TPSA) is 33.8 Å². The summed E-state index contributed by atoms with van der Waals surface area (Å²) in [5, 5.41) is 7.18. The fourth-order valence-corrected chi connectivity index (χ4v) is 2.99. The Morgan fingerprint density at radius 1 is 0.667 bits per heavy atom. The van der Waals surface area contributed by atoms with Crippen LogP contribution in [0.3, 0.4) is 0 Å². The van der Waals surface area contributed by atoms with Crippen LogP contribution in [-0.4, -0.2) is 98.8 Å². The molecule has 0 unspecified atom stereocenters. The number of hydrogen-bond acceptors (Lipinski definition) is 5. The Kier molecular flexibility index (Phi) is 20.6. The van der Waals surface area contributed by atoms with Crippen molar-refractivity contribution in [1.29, 1.82) is 0 Å². The van der Waals surface area contributed by atoms with E-state index in [1.54, 1.807) is 0 Å². The second kappa shape index (κ2) is 19.1. The van der Waals surface area contributed by atoms with E-state index in [9.17, 15) is 0 Å². The van der Waals surface area contributed by atoms with Gasteiger partial charge in [0.05, 0.1) is 0 Å². The van der Waals surface area contributed by atoms with E-state index in [1.807, 2.05) is 13.8 Å². The Morgan fingerprint density at radius 3 is 1.44 bits per heavy atom. The minimum absolute atomic E-state index is 0. The third-order valence-electron chi connectivity index (χ3n) is 5.05. The fraction of sp³-hybridized carbons (Fsp3) is 1.00. The molecule has 0 aromatic heterocycles. The highest BCUT2D eigenvalue weighted by Gasteiger charge is 2.12. The first-order chi connectivity index (χ1) is 12.8. The second-order valence-corrected chi connectivity index (χ2v) is 7.93. The van der Waals surface area contributed by atoms with Crippen LogP contribution in [0.2, 0.25) is 0 Å². The minimum Gasteiger partial charge on any atom is -0.314 e. The van der Waals surface area contributed by atoms with Gasteiger partial charge in [-0.25, -0.2) is 0 Å². The van der Waals surface area contributed by atoms with E-state index in [2.05, 4.69) is 80.8 Å². The molecule has 0 fully saturated rings. The molecular formula is C22H57N5. The summed E-state index contributed by atoms with van der Waals surface area (Å²) < 4.78 is 0. The van der Waals surface area contributed by atoms with E-state index >= 15 is 0 Å². The van der Waals surface area contributed by atoms with Crippen molar-refractivity contribution >= 4 is 0 Å². The summed E-state index contributed by atoms with van der Waals surface area (Å²) >= 11 is 0. The van der Waals surface area contributed by atoms with Crippen LogP contribution in [0.1, 0.15) is 65.2 Å². The van der Waals surface area contributed by atoms with Gasteiger partial charge in [0, 0.05) is 73.3 Å². The summed E-state index contributed by atoms with van der Waals surface area (Å²) in [4.78, 5) is 7.45. The van der Waals surface area contributed by atoms with Crippen LogP contribution in [0.25, 0.3) is 0 Å². The Balaban J connectivity index is -0.000000755. The lowest BCUT2D eigenvalue weighted by atomic mass is 10.2. The lowest BCUT2D eigenvalue weighted by molar-refractivity contribution is 0.175. The number of nitrogens with one attached hydrogen (secondary N) is 2. The predicted octanol–water partition coefficient (Wildman–Crippen LogP) is 3.46. The molecule has 2 N–H and O–H groups in total. The summed E-state index contributed by atoms with van der Waals surface area (Å²) in [5.74, 6) is 0. The normalized spacial score (nSPS) is 12.0. The number of likely N-dealkylation sites (N-methyl/N-ethyl adjacent to an activating group) is 2. The van der Waals surface area contributed by atoms with Gasteiger partial charge in [0.1, 0.15) is 0 Å². The van der Waals surface area contributed by atoms with Crippen molar-refractivity contribution in [1.82, 2.24) is 25.3 Å². The highest BCUT2D eigenvalue weighted by molar-refractivity contribution is 4.69. The fourth-order valence-electron chi connectivity index (χ4n) is 2.99. The van der Waals surface area contributed by atoms with Crippen LogP contribution in [0.4, 0.5) is 0 Å². The van der Waals surface area contributed by atoms with E-state index in [1.165, 1.54) is 0 Å². The molecule has 0 heterocycles. The van der Waals surface area contributed by atoms with Gasteiger partial charge in [0.25, 0.3) is 0 Å². The molecule has 0 spiro atoms. The zero-order valence-electron chi connectivity index (χ0n) is 20.4. The molecule has 0 aliphatic heterocycles. The smallest absolute Gasteiger partial charge is 0.0112 e. The molecule has 0 bridgehead atoms. The van der Waals surface area contributed by atoms with Gasteiger partial charge in [-0.1, -0.05) is 20.8 Å². The highest BCUT2D eigenvalue weighted by Crippen LogP contribution is 2.03. The van der Waals surface area contributed by atoms with Crippen LogP contribution in [-0.2, 0) is 0 Å². The molecular weight excluding hydrogens is 334 g/mol. The van der Waals surface area contributed by atoms with E-state index in [4.69, 9.17) is 0 Å². The van der Waals surface area contributed by atoms with Crippen molar-refractivity contribution in [3.8, 4) is 0 Å². The third-order valence-corrected chi connectivity index (χ3v) is 5.05. The molecule has 0 aliphatic rings. The van der Waals surface area contributed by atoms with Crippen molar-refractivity contribution < 1.29 is 2.85 Å². The molecule has 0 aromatic carbocycles. The van der Waals surface area contributed by atoms with Gasteiger partial charge in [-0.3, -0.25) is 4.90 Å². The average Bonchev–Trinajstić information content (AvgIpc) is 2.63. The Hall–Kier alpha value is -0.200. The summed E-state index contributed by atoms with van der Waals surface area (Å²) in [6.07, 6.45) is 0. The Labute approximate surface area is 175 Å². The lowest BCUT2D eigenvalue weighted by Crippen LogP contribution is -2.43. The summed E-state index contributed by atoms with van der Waals surface area (Å²) in [6, 6.07) is 1.87. The van der Waals surface area contributed by atoms with E-state index in [0.717, 1.165) is 58.9 Å². The Bertz CT molecular complexity index is 297. The first-order valence-electron chi connectivity index (χ1n) is 11.4. The van der Waals surface area contributed by atoms with Crippen LogP contribution in [0.15, 0.2) is 0 Å². The van der Waals surface area contributed by atoms with E-state index < -0.39 is 0 Å². The monoisotopic (exact) mass is 391 g/mol. The lowest BCUT2D eigenvalue weighted by Gasteiger charge is -2.30. The molecule has 27 heavy (non-hydrogen) atoms. The zero-order chi connectivity index (χ0) is 21.2. The molecule has 0 radical (unpaired) electrons. The molecule has 0 amide bonds. The van der Waals surface area contributed by atoms with Crippen molar-refractivity contribution in [2.45, 2.75) is 80.4 Å². The van der Waals surface area contributed by atoms with Gasteiger partial charge in [-0.05, 0) is 55.1 Å². The number of nitrogens with zero attached hydrogens (tertiary/aromatic N) is 3. The standard InChI is InChI=1S/C20H47N5.C2H6.2H2/c1-9-24(15-11-21-10-14-23(8)18(2)3)16-12-22-13-17-25(19(4)5)20(6)7;1-2;;/h18-22H,9-17H2,1-8H3;1-2H3;2*1H. The predicted molar refractivity (Wildman–Crippen MR) is 128 cm³/mol.